The van der Waals surface area contributed by atoms with Crippen molar-refractivity contribution in [3.8, 4) is 0 Å². The van der Waals surface area contributed by atoms with Crippen LogP contribution in [0, 0.1) is 0 Å². The number of carbonyl (C=O) groups excluding carboxylic acids is 2. The van der Waals surface area contributed by atoms with Gasteiger partial charge < -0.3 is 14.6 Å². The van der Waals surface area contributed by atoms with Crippen molar-refractivity contribution in [2.45, 2.75) is 83.3 Å². The zero-order valence-corrected chi connectivity index (χ0v) is 17.5. The minimum atomic E-state index is -1.45. The van der Waals surface area contributed by atoms with Crippen LogP contribution in [0.4, 0.5) is 0 Å². The summed E-state index contributed by atoms with van der Waals surface area (Å²) < 4.78 is 9.54. The molecule has 1 heterocycles. The van der Waals surface area contributed by atoms with Gasteiger partial charge >= 0.3 is 5.97 Å². The number of hydrogen-bond donors (Lipinski definition) is 1. The van der Waals surface area contributed by atoms with Gasteiger partial charge in [-0.3, -0.25) is 4.79 Å². The molecule has 1 atom stereocenters. The van der Waals surface area contributed by atoms with Gasteiger partial charge in [-0.2, -0.15) is 0 Å². The SMILES string of the molecule is COC1=C(C(=O)CCCCCCCCCCCCc2ccccc2)C(=O)OC1O. The maximum absolute atomic E-state index is 12.2. The normalized spacial score (nSPS) is 16.2. The minimum absolute atomic E-state index is 0.0660. The summed E-state index contributed by atoms with van der Waals surface area (Å²) >= 11 is 0. The average molecular weight is 403 g/mol. The lowest BCUT2D eigenvalue weighted by Gasteiger charge is -2.05. The molecule has 29 heavy (non-hydrogen) atoms. The first-order valence-electron chi connectivity index (χ1n) is 10.9. The first kappa shape index (κ1) is 23.1. The predicted molar refractivity (Wildman–Crippen MR) is 112 cm³/mol. The van der Waals surface area contributed by atoms with Crippen molar-refractivity contribution in [2.24, 2.45) is 0 Å². The van der Waals surface area contributed by atoms with E-state index in [9.17, 15) is 14.7 Å². The molecule has 1 unspecified atom stereocenters. The first-order valence-corrected chi connectivity index (χ1v) is 10.9. The molecule has 1 aliphatic rings. The number of benzene rings is 1. The summed E-state index contributed by atoms with van der Waals surface area (Å²) in [7, 11) is 1.32. The van der Waals surface area contributed by atoms with Gasteiger partial charge in [-0.15, -0.1) is 0 Å². The third-order valence-electron chi connectivity index (χ3n) is 5.35. The number of methoxy groups -OCH3 is 1. The Morgan fingerprint density at radius 1 is 0.931 bits per heavy atom. The Morgan fingerprint density at radius 3 is 2.07 bits per heavy atom. The molecule has 0 bridgehead atoms. The molecule has 1 aromatic carbocycles. The van der Waals surface area contributed by atoms with Crippen molar-refractivity contribution >= 4 is 11.8 Å². The number of rotatable bonds is 15. The molecule has 0 saturated carbocycles. The number of hydrogen-bond acceptors (Lipinski definition) is 5. The molecule has 0 radical (unpaired) electrons. The molecule has 0 aromatic heterocycles. The van der Waals surface area contributed by atoms with Crippen molar-refractivity contribution in [3.05, 3.63) is 47.2 Å². The number of esters is 1. The second-order valence-corrected chi connectivity index (χ2v) is 7.65. The molecular weight excluding hydrogens is 368 g/mol. The monoisotopic (exact) mass is 402 g/mol. The van der Waals surface area contributed by atoms with E-state index in [2.05, 4.69) is 35.1 Å². The van der Waals surface area contributed by atoms with Crippen LogP contribution in [0.3, 0.4) is 0 Å². The van der Waals surface area contributed by atoms with Gasteiger partial charge in [-0.1, -0.05) is 81.7 Å². The highest BCUT2D eigenvalue weighted by Gasteiger charge is 2.37. The largest absolute Gasteiger partial charge is 0.494 e. The molecule has 2 rings (SSSR count). The van der Waals surface area contributed by atoms with Crippen molar-refractivity contribution < 1.29 is 24.2 Å². The summed E-state index contributed by atoms with van der Waals surface area (Å²) in [6.07, 6.45) is 11.7. The van der Waals surface area contributed by atoms with Gasteiger partial charge in [0.25, 0.3) is 6.29 Å². The number of aryl methyl sites for hydroxylation is 1. The summed E-state index contributed by atoms with van der Waals surface area (Å²) in [5.74, 6) is -1.16. The number of ketones is 1. The molecule has 1 aliphatic heterocycles. The van der Waals surface area contributed by atoms with Gasteiger partial charge in [0, 0.05) is 6.42 Å². The molecule has 0 aliphatic carbocycles. The Kier molecular flexibility index (Phi) is 10.5. The Balaban J connectivity index is 1.43. The van der Waals surface area contributed by atoms with Crippen LogP contribution in [-0.4, -0.2) is 30.3 Å². The maximum Gasteiger partial charge on any atom is 0.348 e. The third-order valence-corrected chi connectivity index (χ3v) is 5.35. The first-order chi connectivity index (χ1) is 14.1. The topological polar surface area (TPSA) is 72.8 Å². The summed E-state index contributed by atoms with van der Waals surface area (Å²) in [5.41, 5.74) is 1.30. The average Bonchev–Trinajstić information content (AvgIpc) is 3.02. The van der Waals surface area contributed by atoms with E-state index in [0.717, 1.165) is 19.3 Å². The van der Waals surface area contributed by atoms with Crippen molar-refractivity contribution in [3.63, 3.8) is 0 Å². The Bertz CT molecular complexity index is 665. The number of cyclic esters (lactones) is 1. The van der Waals surface area contributed by atoms with E-state index in [1.807, 2.05) is 0 Å². The van der Waals surface area contributed by atoms with E-state index >= 15 is 0 Å². The highest BCUT2D eigenvalue weighted by atomic mass is 16.7. The van der Waals surface area contributed by atoms with Crippen molar-refractivity contribution in [1.82, 2.24) is 0 Å². The molecule has 5 heteroatoms. The Hall–Kier alpha value is -2.14. The molecule has 0 spiro atoms. The van der Waals surface area contributed by atoms with Crippen molar-refractivity contribution in [1.29, 1.82) is 0 Å². The quantitative estimate of drug-likeness (QED) is 0.257. The van der Waals surface area contributed by atoms with Crippen LogP contribution >= 0.6 is 0 Å². The predicted octanol–water partition coefficient (Wildman–Crippen LogP) is 4.87. The van der Waals surface area contributed by atoms with Crippen LogP contribution in [-0.2, 0) is 25.5 Å². The van der Waals surface area contributed by atoms with Crippen LogP contribution in [0.5, 0.6) is 0 Å². The fourth-order valence-electron chi connectivity index (χ4n) is 3.69. The molecule has 1 N–H and O–H groups in total. The molecular formula is C24H34O5. The molecule has 0 fully saturated rings. The third kappa shape index (κ3) is 8.01. The van der Waals surface area contributed by atoms with Gasteiger partial charge in [0.05, 0.1) is 7.11 Å². The highest BCUT2D eigenvalue weighted by Crippen LogP contribution is 2.24. The van der Waals surface area contributed by atoms with Gasteiger partial charge in [-0.25, -0.2) is 4.79 Å². The minimum Gasteiger partial charge on any atom is -0.494 e. The molecule has 5 nitrogen and oxygen atoms in total. The Morgan fingerprint density at radius 2 is 1.48 bits per heavy atom. The lowest BCUT2D eigenvalue weighted by Crippen LogP contribution is -2.11. The number of aliphatic hydroxyl groups excluding tert-OH is 1. The molecule has 160 valence electrons. The summed E-state index contributed by atoms with van der Waals surface area (Å²) in [4.78, 5) is 23.8. The van der Waals surface area contributed by atoms with Crippen LogP contribution in [0.25, 0.3) is 0 Å². The lowest BCUT2D eigenvalue weighted by atomic mass is 10.0. The van der Waals surface area contributed by atoms with Gasteiger partial charge in [0.1, 0.15) is 5.57 Å². The van der Waals surface area contributed by atoms with Crippen molar-refractivity contribution in [2.75, 3.05) is 7.11 Å². The fraction of sp³-hybridized carbons (Fsp3) is 0.583. The number of aliphatic hydroxyl groups is 1. The van der Waals surface area contributed by atoms with E-state index in [0.29, 0.717) is 0 Å². The number of Topliss-reactive ketones (excluding diaryl/α,β-unsaturated/α-hetero) is 1. The summed E-state index contributed by atoms with van der Waals surface area (Å²) in [5, 5.41) is 9.51. The molecule has 0 saturated heterocycles. The van der Waals surface area contributed by atoms with E-state index in [4.69, 9.17) is 4.74 Å². The second-order valence-electron chi connectivity index (χ2n) is 7.65. The van der Waals surface area contributed by atoms with E-state index < -0.39 is 12.3 Å². The standard InChI is InChI=1S/C24H34O5/c1-28-22-21(23(26)29-24(22)27)20(25)18-14-9-7-5-3-2-4-6-8-11-15-19-16-12-10-13-17-19/h10,12-13,16-17,24,27H,2-9,11,14-15,18H2,1H3. The zero-order valence-electron chi connectivity index (χ0n) is 17.5. The number of ether oxygens (including phenoxy) is 2. The van der Waals surface area contributed by atoms with Crippen LogP contribution in [0.15, 0.2) is 41.7 Å². The van der Waals surface area contributed by atoms with E-state index in [1.165, 1.54) is 64.0 Å². The van der Waals surface area contributed by atoms with Crippen LogP contribution < -0.4 is 0 Å². The fourth-order valence-corrected chi connectivity index (χ4v) is 3.69. The van der Waals surface area contributed by atoms with Gasteiger partial charge in [-0.05, 0) is 24.8 Å². The molecule has 1 aromatic rings. The van der Waals surface area contributed by atoms with E-state index in [1.54, 1.807) is 0 Å². The lowest BCUT2D eigenvalue weighted by molar-refractivity contribution is -0.154. The number of unbranched alkanes of at least 4 members (excludes halogenated alkanes) is 9. The van der Waals surface area contributed by atoms with Gasteiger partial charge in [0.2, 0.25) is 0 Å². The second kappa shape index (κ2) is 13.2. The Labute approximate surface area is 174 Å². The highest BCUT2D eigenvalue weighted by molar-refractivity contribution is 6.18. The molecule has 0 amide bonds. The summed E-state index contributed by atoms with van der Waals surface area (Å²) in [6, 6.07) is 10.7. The van der Waals surface area contributed by atoms with E-state index in [-0.39, 0.29) is 23.5 Å². The zero-order chi connectivity index (χ0) is 20.9. The maximum atomic E-state index is 12.2. The van der Waals surface area contributed by atoms with Crippen LogP contribution in [0.1, 0.15) is 76.2 Å². The number of carbonyl (C=O) groups is 2. The summed E-state index contributed by atoms with van der Waals surface area (Å²) in [6.45, 7) is 0. The van der Waals surface area contributed by atoms with Gasteiger partial charge in [0.15, 0.2) is 11.5 Å². The van der Waals surface area contributed by atoms with Crippen LogP contribution in [0.2, 0.25) is 0 Å². The smallest absolute Gasteiger partial charge is 0.348 e.